The van der Waals surface area contributed by atoms with Gasteiger partial charge in [0.1, 0.15) is 23.4 Å². The van der Waals surface area contributed by atoms with Crippen LogP contribution in [-0.2, 0) is 24.2 Å². The lowest BCUT2D eigenvalue weighted by molar-refractivity contribution is 0.0264. The molecule has 3 heterocycles. The van der Waals surface area contributed by atoms with E-state index < -0.39 is 17.7 Å². The fourth-order valence-corrected chi connectivity index (χ4v) is 4.70. The van der Waals surface area contributed by atoms with Crippen LogP contribution in [0.4, 0.5) is 8.78 Å². The largest absolute Gasteiger partial charge is 0.456 e. The van der Waals surface area contributed by atoms with Crippen molar-refractivity contribution in [2.45, 2.75) is 25.6 Å². The molecule has 0 bridgehead atoms. The summed E-state index contributed by atoms with van der Waals surface area (Å²) >= 11 is 0. The van der Waals surface area contributed by atoms with Gasteiger partial charge in [-0.1, -0.05) is 41.6 Å². The molecule has 0 fully saturated rings. The summed E-state index contributed by atoms with van der Waals surface area (Å²) in [5.74, 6) is -1.76. The van der Waals surface area contributed by atoms with Crippen LogP contribution in [0, 0.1) is 11.6 Å². The maximum atomic E-state index is 14.2. The van der Waals surface area contributed by atoms with Crippen molar-refractivity contribution in [3.63, 3.8) is 0 Å². The molecule has 0 spiro atoms. The van der Waals surface area contributed by atoms with Crippen LogP contribution in [0.1, 0.15) is 21.5 Å². The Morgan fingerprint density at radius 1 is 0.971 bits per heavy atom. The molecular weight excluding hydrogens is 450 g/mol. The van der Waals surface area contributed by atoms with Crippen molar-refractivity contribution < 1.29 is 18.3 Å². The number of benzene rings is 3. The molecule has 3 aromatic carbocycles. The van der Waals surface area contributed by atoms with Crippen LogP contribution >= 0.6 is 0 Å². The molecular formula is C27H20F2N4O2. The number of carbonyl (C=O) groups excluding carboxylic acids is 1. The monoisotopic (exact) mass is 470 g/mol. The van der Waals surface area contributed by atoms with Gasteiger partial charge in [-0.2, -0.15) is 0 Å². The number of esters is 1. The van der Waals surface area contributed by atoms with E-state index >= 15 is 0 Å². The van der Waals surface area contributed by atoms with Crippen molar-refractivity contribution >= 4 is 16.9 Å². The lowest BCUT2D eigenvalue weighted by Gasteiger charge is -2.15. The molecule has 5 aromatic rings. The van der Waals surface area contributed by atoms with Gasteiger partial charge in [0.15, 0.2) is 0 Å². The van der Waals surface area contributed by atoms with Gasteiger partial charge in [-0.25, -0.2) is 18.3 Å². The lowest BCUT2D eigenvalue weighted by atomic mass is 10.0. The van der Waals surface area contributed by atoms with Gasteiger partial charge in [0, 0.05) is 41.7 Å². The Morgan fingerprint density at radius 3 is 2.66 bits per heavy atom. The van der Waals surface area contributed by atoms with E-state index in [1.54, 1.807) is 12.3 Å². The van der Waals surface area contributed by atoms with Gasteiger partial charge in [0.05, 0.1) is 18.3 Å². The molecule has 1 aliphatic heterocycles. The third-order valence-corrected chi connectivity index (χ3v) is 6.26. The van der Waals surface area contributed by atoms with E-state index in [9.17, 15) is 13.6 Å². The number of hydrogen-bond donors (Lipinski definition) is 0. The predicted molar refractivity (Wildman–Crippen MR) is 126 cm³/mol. The van der Waals surface area contributed by atoms with Crippen molar-refractivity contribution in [3.05, 3.63) is 107 Å². The van der Waals surface area contributed by atoms with Crippen LogP contribution < -0.4 is 0 Å². The van der Waals surface area contributed by atoms with Crippen molar-refractivity contribution in [3.8, 4) is 11.3 Å². The van der Waals surface area contributed by atoms with E-state index in [0.717, 1.165) is 22.5 Å². The number of ether oxygens (including phenoxy) is 1. The first-order valence-electron chi connectivity index (χ1n) is 11.3. The summed E-state index contributed by atoms with van der Waals surface area (Å²) in [6.45, 7) is 0.942. The highest BCUT2D eigenvalue weighted by Crippen LogP contribution is 2.31. The molecule has 35 heavy (non-hydrogen) atoms. The van der Waals surface area contributed by atoms with Gasteiger partial charge in [0.25, 0.3) is 0 Å². The molecule has 1 atom stereocenters. The number of rotatable bonds is 5. The Kier molecular flexibility index (Phi) is 5.13. The Hall–Kier alpha value is -4.33. The standard InChI is InChI=1S/C27H20F2N4O2/c28-19-9-10-21(23(29)12-19)24-16-33(31-30-24)15-20-11-18-14-32(13-17-5-2-1-3-6-17)25-8-4-7-22(26(18)25)27(34)35-20/h1-10,12,14,16,20H,11,13,15H2. The van der Waals surface area contributed by atoms with Crippen LogP contribution in [0.5, 0.6) is 0 Å². The van der Waals surface area contributed by atoms with Crippen LogP contribution in [0.25, 0.3) is 22.2 Å². The quantitative estimate of drug-likeness (QED) is 0.339. The van der Waals surface area contributed by atoms with E-state index in [2.05, 4.69) is 33.2 Å². The van der Waals surface area contributed by atoms with E-state index in [4.69, 9.17) is 4.74 Å². The Balaban J connectivity index is 1.30. The number of carbonyl (C=O) groups is 1. The van der Waals surface area contributed by atoms with E-state index in [1.165, 1.54) is 22.4 Å². The molecule has 0 amide bonds. The Bertz CT molecular complexity index is 1560. The highest BCUT2D eigenvalue weighted by molar-refractivity contribution is 6.06. The lowest BCUT2D eigenvalue weighted by Crippen LogP contribution is -2.24. The molecule has 2 aromatic heterocycles. The van der Waals surface area contributed by atoms with Gasteiger partial charge in [-0.3, -0.25) is 0 Å². The third-order valence-electron chi connectivity index (χ3n) is 6.26. The first-order valence-corrected chi connectivity index (χ1v) is 11.3. The van der Waals surface area contributed by atoms with Gasteiger partial charge < -0.3 is 9.30 Å². The molecule has 174 valence electrons. The van der Waals surface area contributed by atoms with Crippen molar-refractivity contribution in [1.82, 2.24) is 19.6 Å². The first kappa shape index (κ1) is 21.2. The van der Waals surface area contributed by atoms with Crippen LogP contribution in [0.2, 0.25) is 0 Å². The fourth-order valence-electron chi connectivity index (χ4n) is 4.70. The predicted octanol–water partition coefficient (Wildman–Crippen LogP) is 5.01. The number of aromatic nitrogens is 4. The summed E-state index contributed by atoms with van der Waals surface area (Å²) in [6, 6.07) is 19.1. The average Bonchev–Trinajstić information content (AvgIpc) is 3.41. The second-order valence-corrected chi connectivity index (χ2v) is 8.65. The summed E-state index contributed by atoms with van der Waals surface area (Å²) in [5, 5.41) is 9.00. The molecule has 8 heteroatoms. The third kappa shape index (κ3) is 3.97. The van der Waals surface area contributed by atoms with Crippen molar-refractivity contribution in [2.24, 2.45) is 0 Å². The van der Waals surface area contributed by atoms with E-state index in [1.807, 2.05) is 30.3 Å². The Morgan fingerprint density at radius 2 is 1.83 bits per heavy atom. The molecule has 0 aliphatic carbocycles. The van der Waals surface area contributed by atoms with Gasteiger partial charge in [0.2, 0.25) is 0 Å². The van der Waals surface area contributed by atoms with E-state index in [0.29, 0.717) is 18.5 Å². The topological polar surface area (TPSA) is 61.9 Å². The molecule has 0 saturated carbocycles. The molecule has 0 saturated heterocycles. The highest BCUT2D eigenvalue weighted by Gasteiger charge is 2.28. The minimum Gasteiger partial charge on any atom is -0.456 e. The van der Waals surface area contributed by atoms with Crippen LogP contribution in [0.15, 0.2) is 79.1 Å². The number of cyclic esters (lactones) is 1. The minimum atomic E-state index is -0.712. The summed E-state index contributed by atoms with van der Waals surface area (Å²) in [4.78, 5) is 13.0. The second kappa shape index (κ2) is 8.47. The zero-order valence-corrected chi connectivity index (χ0v) is 18.6. The number of hydrogen-bond acceptors (Lipinski definition) is 4. The molecule has 0 N–H and O–H groups in total. The summed E-state index contributed by atoms with van der Waals surface area (Å²) < 4.78 is 36.9. The van der Waals surface area contributed by atoms with Crippen molar-refractivity contribution in [1.29, 1.82) is 0 Å². The maximum Gasteiger partial charge on any atom is 0.339 e. The van der Waals surface area contributed by atoms with Gasteiger partial charge >= 0.3 is 5.97 Å². The van der Waals surface area contributed by atoms with Crippen LogP contribution in [0.3, 0.4) is 0 Å². The van der Waals surface area contributed by atoms with Crippen LogP contribution in [-0.4, -0.2) is 31.6 Å². The molecule has 0 radical (unpaired) electrons. The summed E-state index contributed by atoms with van der Waals surface area (Å²) in [7, 11) is 0. The Labute approximate surface area is 199 Å². The summed E-state index contributed by atoms with van der Waals surface area (Å²) in [5.41, 5.74) is 4.14. The molecule has 1 unspecified atom stereocenters. The normalized spacial score (nSPS) is 15.3. The van der Waals surface area contributed by atoms with Crippen molar-refractivity contribution in [2.75, 3.05) is 0 Å². The fraction of sp³-hybridized carbons (Fsp3) is 0.148. The minimum absolute atomic E-state index is 0.155. The molecule has 6 nitrogen and oxygen atoms in total. The number of halogens is 2. The zero-order chi connectivity index (χ0) is 23.9. The first-order chi connectivity index (χ1) is 17.0. The average molecular weight is 470 g/mol. The number of nitrogens with zero attached hydrogens (tertiary/aromatic N) is 4. The zero-order valence-electron chi connectivity index (χ0n) is 18.6. The highest BCUT2D eigenvalue weighted by atomic mass is 19.1. The second-order valence-electron chi connectivity index (χ2n) is 8.65. The molecule has 6 rings (SSSR count). The van der Waals surface area contributed by atoms with Gasteiger partial charge in [-0.05, 0) is 35.4 Å². The summed E-state index contributed by atoms with van der Waals surface area (Å²) in [6.07, 6.45) is 3.66. The molecule has 1 aliphatic rings. The smallest absolute Gasteiger partial charge is 0.339 e. The SMILES string of the molecule is O=C1OC(Cn2cc(-c3ccc(F)cc3F)nn2)Cc2cn(Cc3ccccc3)c3cccc1c23. The van der Waals surface area contributed by atoms with E-state index in [-0.39, 0.29) is 23.8 Å². The maximum absolute atomic E-state index is 14.2. The van der Waals surface area contributed by atoms with Gasteiger partial charge in [-0.15, -0.1) is 5.10 Å².